The molecule has 30 heavy (non-hydrogen) atoms. The Morgan fingerprint density at radius 2 is 1.30 bits per heavy atom. The van der Waals surface area contributed by atoms with Crippen LogP contribution in [0.15, 0.2) is 23.4 Å². The zero-order valence-electron chi connectivity index (χ0n) is 20.9. The van der Waals surface area contributed by atoms with Crippen LogP contribution < -0.4 is 0 Å². The molecule has 1 aliphatic carbocycles. The molecule has 0 N–H and O–H groups in total. The van der Waals surface area contributed by atoms with Crippen LogP contribution in [0.5, 0.6) is 0 Å². The second-order valence-electron chi connectivity index (χ2n) is 11.2. The van der Waals surface area contributed by atoms with E-state index in [0.717, 1.165) is 12.0 Å². The molecular formula is C25H44O4Si. The summed E-state index contributed by atoms with van der Waals surface area (Å²) in [5.41, 5.74) is 3.35. The first-order valence-corrected chi connectivity index (χ1v) is 14.1. The normalized spacial score (nSPS) is 18.6. The van der Waals surface area contributed by atoms with Crippen LogP contribution in [0.1, 0.15) is 75.2 Å². The first-order valence-electron chi connectivity index (χ1n) is 11.4. The van der Waals surface area contributed by atoms with Crippen molar-refractivity contribution in [1.29, 1.82) is 0 Å². The van der Waals surface area contributed by atoms with Crippen molar-refractivity contribution in [1.82, 2.24) is 0 Å². The molecule has 172 valence electrons. The summed E-state index contributed by atoms with van der Waals surface area (Å²) in [6.07, 6.45) is 1.44. The third-order valence-electron chi connectivity index (χ3n) is 6.44. The number of allylic oxidation sites excluding steroid dienone is 2. The van der Waals surface area contributed by atoms with E-state index < -0.39 is 24.3 Å². The Balaban J connectivity index is 3.17. The van der Waals surface area contributed by atoms with Gasteiger partial charge >= 0.3 is 11.9 Å². The Labute approximate surface area is 185 Å². The van der Waals surface area contributed by atoms with Crippen LogP contribution in [0.2, 0.25) is 18.1 Å². The van der Waals surface area contributed by atoms with Crippen LogP contribution >= 0.6 is 0 Å². The fourth-order valence-corrected chi connectivity index (χ4v) is 7.01. The van der Waals surface area contributed by atoms with Crippen molar-refractivity contribution in [3.8, 4) is 0 Å². The molecule has 1 fully saturated rings. The highest BCUT2D eigenvalue weighted by Crippen LogP contribution is 2.46. The van der Waals surface area contributed by atoms with Crippen LogP contribution in [0.3, 0.4) is 0 Å². The first-order chi connectivity index (χ1) is 13.6. The molecule has 0 bridgehead atoms. The lowest BCUT2D eigenvalue weighted by atomic mass is 9.87. The molecule has 0 unspecified atom stereocenters. The number of rotatable bonds is 8. The first kappa shape index (κ1) is 26.7. The quantitative estimate of drug-likeness (QED) is 0.323. The van der Waals surface area contributed by atoms with E-state index in [9.17, 15) is 9.59 Å². The second kappa shape index (κ2) is 9.84. The van der Waals surface area contributed by atoms with Crippen LogP contribution in [0.25, 0.3) is 0 Å². The maximum atomic E-state index is 12.4. The molecule has 1 rings (SSSR count). The van der Waals surface area contributed by atoms with Crippen molar-refractivity contribution in [2.45, 2.75) is 93.3 Å². The van der Waals surface area contributed by atoms with Gasteiger partial charge in [-0.05, 0) is 54.4 Å². The van der Waals surface area contributed by atoms with Crippen LogP contribution in [-0.4, -0.2) is 33.2 Å². The van der Waals surface area contributed by atoms with E-state index in [1.165, 1.54) is 23.7 Å². The Kier molecular flexibility index (Phi) is 8.75. The minimum atomic E-state index is -1.47. The molecule has 0 amide bonds. The van der Waals surface area contributed by atoms with E-state index in [2.05, 4.69) is 33.0 Å². The van der Waals surface area contributed by atoms with Crippen LogP contribution in [-0.2, 0) is 19.1 Å². The van der Waals surface area contributed by atoms with Crippen molar-refractivity contribution in [2.24, 2.45) is 16.2 Å². The average molecular weight is 437 g/mol. The Morgan fingerprint density at radius 1 is 0.900 bits per heavy atom. The summed E-state index contributed by atoms with van der Waals surface area (Å²) in [4.78, 5) is 24.9. The summed E-state index contributed by atoms with van der Waals surface area (Å²) < 4.78 is 11.5. The minimum absolute atomic E-state index is 0.230. The lowest BCUT2D eigenvalue weighted by Gasteiger charge is -2.30. The number of esters is 2. The zero-order valence-corrected chi connectivity index (χ0v) is 21.9. The van der Waals surface area contributed by atoms with Gasteiger partial charge < -0.3 is 9.47 Å². The average Bonchev–Trinajstić information content (AvgIpc) is 2.96. The van der Waals surface area contributed by atoms with Gasteiger partial charge in [-0.15, -0.1) is 0 Å². The number of carbonyl (C=O) groups is 2. The summed E-state index contributed by atoms with van der Waals surface area (Å²) in [7, 11) is -1.47. The van der Waals surface area contributed by atoms with Gasteiger partial charge in [0.2, 0.25) is 0 Å². The predicted octanol–water partition coefficient (Wildman–Crippen LogP) is 6.48. The molecule has 0 aromatic carbocycles. The van der Waals surface area contributed by atoms with Gasteiger partial charge in [0.15, 0.2) is 0 Å². The SMILES string of the molecule is C=C1CC(COC(=O)C(C)(C)C)(COC(=O)C(C)(C)C)C/C1=C/[Si](CC)(CC)CC. The number of hydrogen-bond acceptors (Lipinski definition) is 4. The van der Waals surface area contributed by atoms with E-state index in [1.807, 2.05) is 41.5 Å². The van der Waals surface area contributed by atoms with Crippen molar-refractivity contribution in [2.75, 3.05) is 13.2 Å². The molecule has 1 aliphatic rings. The molecule has 0 spiro atoms. The molecule has 0 saturated heterocycles. The predicted molar refractivity (Wildman–Crippen MR) is 127 cm³/mol. The maximum absolute atomic E-state index is 12.4. The molecule has 5 heteroatoms. The van der Waals surface area contributed by atoms with Gasteiger partial charge in [-0.1, -0.05) is 62.3 Å². The number of carbonyl (C=O) groups excluding carboxylic acids is 2. The zero-order chi connectivity index (χ0) is 23.4. The van der Waals surface area contributed by atoms with E-state index in [1.54, 1.807) is 0 Å². The summed E-state index contributed by atoms with van der Waals surface area (Å²) >= 11 is 0. The van der Waals surface area contributed by atoms with E-state index in [4.69, 9.17) is 9.47 Å². The highest BCUT2D eigenvalue weighted by Gasteiger charge is 2.43. The molecule has 0 aromatic rings. The number of ether oxygens (including phenoxy) is 2. The van der Waals surface area contributed by atoms with Crippen LogP contribution in [0.4, 0.5) is 0 Å². The van der Waals surface area contributed by atoms with Gasteiger partial charge in [0, 0.05) is 5.41 Å². The largest absolute Gasteiger partial charge is 0.465 e. The van der Waals surface area contributed by atoms with Gasteiger partial charge in [-0.25, -0.2) is 0 Å². The highest BCUT2D eigenvalue weighted by atomic mass is 28.3. The Morgan fingerprint density at radius 3 is 1.63 bits per heavy atom. The summed E-state index contributed by atoms with van der Waals surface area (Å²) in [6.45, 7) is 22.8. The minimum Gasteiger partial charge on any atom is -0.465 e. The fraction of sp³-hybridized carbons (Fsp3) is 0.760. The summed E-state index contributed by atoms with van der Waals surface area (Å²) in [5, 5.41) is 0. The van der Waals surface area contributed by atoms with Crippen molar-refractivity contribution in [3.05, 3.63) is 23.4 Å². The third-order valence-corrected chi connectivity index (χ3v) is 11.6. The molecule has 4 nitrogen and oxygen atoms in total. The standard InChI is InChI=1S/C25H44O4Si/c1-11-30(12-2,13-3)16-20-15-25(14-19(20)4,17-28-21(26)23(5,6)7)18-29-22(27)24(8,9)10/h16H,4,11-15,17-18H2,1-3,5-10H3/b20-16-. The Hall–Kier alpha value is -1.36. The van der Waals surface area contributed by atoms with Gasteiger partial charge in [-0.3, -0.25) is 9.59 Å². The van der Waals surface area contributed by atoms with Gasteiger partial charge in [-0.2, -0.15) is 0 Å². The van der Waals surface area contributed by atoms with Crippen molar-refractivity contribution in [3.63, 3.8) is 0 Å². The molecule has 0 atom stereocenters. The maximum Gasteiger partial charge on any atom is 0.311 e. The molecular weight excluding hydrogens is 392 g/mol. The second-order valence-corrected chi connectivity index (χ2v) is 16.3. The Bertz CT molecular complexity index is 634. The lowest BCUT2D eigenvalue weighted by Crippen LogP contribution is -2.36. The summed E-state index contributed by atoms with van der Waals surface area (Å²) in [6, 6.07) is 3.63. The van der Waals surface area contributed by atoms with Crippen molar-refractivity contribution < 1.29 is 19.1 Å². The monoisotopic (exact) mass is 436 g/mol. The van der Waals surface area contributed by atoms with E-state index in [-0.39, 0.29) is 25.2 Å². The smallest absolute Gasteiger partial charge is 0.311 e. The molecule has 0 aliphatic heterocycles. The van der Waals surface area contributed by atoms with Gasteiger partial charge in [0.25, 0.3) is 0 Å². The summed E-state index contributed by atoms with van der Waals surface area (Å²) in [5.74, 6) is -0.460. The molecule has 1 saturated carbocycles. The van der Waals surface area contributed by atoms with Gasteiger partial charge in [0.1, 0.15) is 13.2 Å². The molecule has 0 radical (unpaired) electrons. The molecule has 0 heterocycles. The van der Waals surface area contributed by atoms with Gasteiger partial charge in [0.05, 0.1) is 18.9 Å². The topological polar surface area (TPSA) is 52.6 Å². The highest BCUT2D eigenvalue weighted by molar-refractivity contribution is 6.84. The fourth-order valence-electron chi connectivity index (χ4n) is 3.85. The molecule has 0 aromatic heterocycles. The number of hydrogen-bond donors (Lipinski definition) is 0. The lowest BCUT2D eigenvalue weighted by molar-refractivity contribution is -0.163. The van der Waals surface area contributed by atoms with Crippen LogP contribution in [0, 0.1) is 16.2 Å². The third kappa shape index (κ3) is 6.83. The van der Waals surface area contributed by atoms with E-state index in [0.29, 0.717) is 6.42 Å². The van der Waals surface area contributed by atoms with Crippen molar-refractivity contribution >= 4 is 20.0 Å². The van der Waals surface area contributed by atoms with E-state index >= 15 is 0 Å².